The van der Waals surface area contributed by atoms with Crippen LogP contribution in [-0.2, 0) is 0 Å². The van der Waals surface area contributed by atoms with Crippen LogP contribution in [0.25, 0.3) is 0 Å². The molecule has 0 bridgehead atoms. The van der Waals surface area contributed by atoms with E-state index in [4.69, 9.17) is 5.73 Å². The molecule has 13 heavy (non-hydrogen) atoms. The Labute approximate surface area is 81.5 Å². The first-order chi connectivity index (χ1) is 6.25. The van der Waals surface area contributed by atoms with Gasteiger partial charge in [0.15, 0.2) is 0 Å². The van der Waals surface area contributed by atoms with Gasteiger partial charge in [-0.1, -0.05) is 19.3 Å². The first-order valence-corrected chi connectivity index (χ1v) is 5.75. The van der Waals surface area contributed by atoms with Crippen molar-refractivity contribution in [3.63, 3.8) is 0 Å². The number of likely N-dealkylation sites (tertiary alicyclic amines) is 1. The lowest BCUT2D eigenvalue weighted by Gasteiger charge is -2.32. The van der Waals surface area contributed by atoms with E-state index in [0.717, 1.165) is 18.5 Å². The summed E-state index contributed by atoms with van der Waals surface area (Å²) in [6, 6.07) is 1.22. The van der Waals surface area contributed by atoms with Gasteiger partial charge in [0.2, 0.25) is 0 Å². The molecule has 0 amide bonds. The summed E-state index contributed by atoms with van der Waals surface area (Å²) in [4.78, 5) is 2.57. The van der Waals surface area contributed by atoms with Crippen LogP contribution in [0.1, 0.15) is 39.0 Å². The Kier molecular flexibility index (Phi) is 2.89. The van der Waals surface area contributed by atoms with Crippen LogP contribution >= 0.6 is 0 Å². The molecule has 2 nitrogen and oxygen atoms in total. The second kappa shape index (κ2) is 3.97. The van der Waals surface area contributed by atoms with Crippen LogP contribution in [0.5, 0.6) is 0 Å². The Morgan fingerprint density at radius 1 is 1.38 bits per heavy atom. The monoisotopic (exact) mass is 182 g/mol. The lowest BCUT2D eigenvalue weighted by Crippen LogP contribution is -2.35. The lowest BCUT2D eigenvalue weighted by molar-refractivity contribution is 0.180. The Morgan fingerprint density at radius 3 is 2.62 bits per heavy atom. The molecule has 1 aliphatic heterocycles. The fourth-order valence-electron chi connectivity index (χ4n) is 2.58. The van der Waals surface area contributed by atoms with Crippen molar-refractivity contribution in [3.05, 3.63) is 0 Å². The normalized spacial score (nSPS) is 33.2. The number of hydrogen-bond donors (Lipinski definition) is 1. The SMILES string of the molecule is CC(CC1CCC1)N1CC[C@@H](N)C1. The highest BCUT2D eigenvalue weighted by atomic mass is 15.2. The highest BCUT2D eigenvalue weighted by Crippen LogP contribution is 2.32. The van der Waals surface area contributed by atoms with Gasteiger partial charge in [0, 0.05) is 18.6 Å². The van der Waals surface area contributed by atoms with Crippen LogP contribution in [0, 0.1) is 5.92 Å². The molecule has 0 radical (unpaired) electrons. The maximum absolute atomic E-state index is 5.90. The molecule has 2 aliphatic rings. The summed E-state index contributed by atoms with van der Waals surface area (Å²) in [5.41, 5.74) is 5.90. The second-order valence-corrected chi connectivity index (χ2v) is 4.93. The average Bonchev–Trinajstić information content (AvgIpc) is 2.44. The molecule has 0 spiro atoms. The summed E-state index contributed by atoms with van der Waals surface area (Å²) in [7, 11) is 0. The van der Waals surface area contributed by atoms with Crippen LogP contribution in [0.2, 0.25) is 0 Å². The molecule has 76 valence electrons. The molecule has 2 fully saturated rings. The maximum atomic E-state index is 5.90. The molecule has 1 unspecified atom stereocenters. The summed E-state index contributed by atoms with van der Waals surface area (Å²) in [6.07, 6.45) is 7.03. The predicted molar refractivity (Wildman–Crippen MR) is 55.6 cm³/mol. The van der Waals surface area contributed by atoms with Gasteiger partial charge < -0.3 is 5.73 Å². The summed E-state index contributed by atoms with van der Waals surface area (Å²) in [5, 5.41) is 0. The first kappa shape index (κ1) is 9.47. The maximum Gasteiger partial charge on any atom is 0.0180 e. The van der Waals surface area contributed by atoms with Gasteiger partial charge in [0.1, 0.15) is 0 Å². The quantitative estimate of drug-likeness (QED) is 0.718. The predicted octanol–water partition coefficient (Wildman–Crippen LogP) is 1.60. The van der Waals surface area contributed by atoms with E-state index in [2.05, 4.69) is 11.8 Å². The zero-order chi connectivity index (χ0) is 9.26. The van der Waals surface area contributed by atoms with E-state index >= 15 is 0 Å². The van der Waals surface area contributed by atoms with Gasteiger partial charge in [-0.2, -0.15) is 0 Å². The standard InChI is InChI=1S/C11H22N2/c1-9(7-10-3-2-4-10)13-6-5-11(12)8-13/h9-11H,2-8,12H2,1H3/t9?,11-/m1/s1. The van der Waals surface area contributed by atoms with Crippen LogP contribution in [0.4, 0.5) is 0 Å². The third-order valence-electron chi connectivity index (χ3n) is 3.78. The summed E-state index contributed by atoms with van der Waals surface area (Å²) < 4.78 is 0. The van der Waals surface area contributed by atoms with Crippen molar-refractivity contribution in [1.82, 2.24) is 4.90 Å². The Hall–Kier alpha value is -0.0800. The topological polar surface area (TPSA) is 29.3 Å². The van der Waals surface area contributed by atoms with Gasteiger partial charge in [-0.3, -0.25) is 4.90 Å². The zero-order valence-corrected chi connectivity index (χ0v) is 8.71. The van der Waals surface area contributed by atoms with Crippen LogP contribution < -0.4 is 5.73 Å². The van der Waals surface area contributed by atoms with Crippen molar-refractivity contribution in [2.24, 2.45) is 11.7 Å². The van der Waals surface area contributed by atoms with Crippen molar-refractivity contribution in [2.75, 3.05) is 13.1 Å². The van der Waals surface area contributed by atoms with Gasteiger partial charge in [-0.15, -0.1) is 0 Å². The summed E-state index contributed by atoms with van der Waals surface area (Å²) >= 11 is 0. The van der Waals surface area contributed by atoms with E-state index in [0.29, 0.717) is 6.04 Å². The van der Waals surface area contributed by atoms with Crippen LogP contribution in [0.15, 0.2) is 0 Å². The number of rotatable bonds is 3. The first-order valence-electron chi connectivity index (χ1n) is 5.75. The largest absolute Gasteiger partial charge is 0.326 e. The van der Waals surface area contributed by atoms with Crippen molar-refractivity contribution in [1.29, 1.82) is 0 Å². The van der Waals surface area contributed by atoms with E-state index in [1.165, 1.54) is 38.6 Å². The van der Waals surface area contributed by atoms with E-state index in [9.17, 15) is 0 Å². The van der Waals surface area contributed by atoms with Crippen molar-refractivity contribution in [3.8, 4) is 0 Å². The van der Waals surface area contributed by atoms with Gasteiger partial charge in [0.25, 0.3) is 0 Å². The Bertz CT molecular complexity index is 165. The van der Waals surface area contributed by atoms with E-state index in [1.807, 2.05) is 0 Å². The van der Waals surface area contributed by atoms with Gasteiger partial charge >= 0.3 is 0 Å². The van der Waals surface area contributed by atoms with E-state index < -0.39 is 0 Å². The second-order valence-electron chi connectivity index (χ2n) is 4.93. The van der Waals surface area contributed by atoms with Gasteiger partial charge in [-0.05, 0) is 32.2 Å². The molecule has 0 aromatic carbocycles. The van der Waals surface area contributed by atoms with Crippen molar-refractivity contribution < 1.29 is 0 Å². The van der Waals surface area contributed by atoms with Crippen LogP contribution in [0.3, 0.4) is 0 Å². The number of nitrogens with two attached hydrogens (primary N) is 1. The van der Waals surface area contributed by atoms with Crippen molar-refractivity contribution in [2.45, 2.75) is 51.1 Å². The van der Waals surface area contributed by atoms with Gasteiger partial charge in [0.05, 0.1) is 0 Å². The van der Waals surface area contributed by atoms with E-state index in [1.54, 1.807) is 0 Å². The minimum absolute atomic E-state index is 0.448. The molecule has 2 atom stereocenters. The van der Waals surface area contributed by atoms with Crippen LogP contribution in [-0.4, -0.2) is 30.1 Å². The minimum atomic E-state index is 0.448. The Balaban J connectivity index is 1.72. The highest BCUT2D eigenvalue weighted by molar-refractivity contribution is 4.84. The molecule has 2 heteroatoms. The molecule has 1 heterocycles. The fraction of sp³-hybridized carbons (Fsp3) is 1.00. The molecular formula is C11H22N2. The molecular weight excluding hydrogens is 160 g/mol. The number of nitrogens with zero attached hydrogens (tertiary/aromatic N) is 1. The molecule has 0 aromatic heterocycles. The molecule has 1 aliphatic carbocycles. The average molecular weight is 182 g/mol. The molecule has 2 N–H and O–H groups in total. The van der Waals surface area contributed by atoms with Gasteiger partial charge in [-0.25, -0.2) is 0 Å². The third-order valence-corrected chi connectivity index (χ3v) is 3.78. The van der Waals surface area contributed by atoms with E-state index in [-0.39, 0.29) is 0 Å². The summed E-state index contributed by atoms with van der Waals surface area (Å²) in [5.74, 6) is 1.03. The van der Waals surface area contributed by atoms with Crippen molar-refractivity contribution >= 4 is 0 Å². The zero-order valence-electron chi connectivity index (χ0n) is 8.71. The fourth-order valence-corrected chi connectivity index (χ4v) is 2.58. The molecule has 1 saturated carbocycles. The molecule has 2 rings (SSSR count). The lowest BCUT2D eigenvalue weighted by atomic mass is 9.81. The minimum Gasteiger partial charge on any atom is -0.326 e. The number of hydrogen-bond acceptors (Lipinski definition) is 2. The highest BCUT2D eigenvalue weighted by Gasteiger charge is 2.27. The smallest absolute Gasteiger partial charge is 0.0180 e. The third kappa shape index (κ3) is 2.23. The Morgan fingerprint density at radius 2 is 2.15 bits per heavy atom. The summed E-state index contributed by atoms with van der Waals surface area (Å²) in [6.45, 7) is 4.74. The molecule has 0 aromatic rings. The molecule has 1 saturated heterocycles.